The molecule has 2 heteroatoms. The Morgan fingerprint density at radius 1 is 1.75 bits per heavy atom. The van der Waals surface area contributed by atoms with Crippen LogP contribution in [0.25, 0.3) is 0 Å². The van der Waals surface area contributed by atoms with Gasteiger partial charge in [0, 0.05) is 18.2 Å². The van der Waals surface area contributed by atoms with Crippen LogP contribution in [0.2, 0.25) is 0 Å². The maximum Gasteiger partial charge on any atom is 0.0490 e. The number of nitrogens with zero attached hydrogens (tertiary/aromatic N) is 1. The molecule has 1 aliphatic heterocycles. The second-order valence-corrected chi connectivity index (χ2v) is 2.27. The predicted molar refractivity (Wildman–Crippen MR) is 34.9 cm³/mol. The molecular formula is C6H12N2. The third-order valence-electron chi connectivity index (χ3n) is 1.66. The summed E-state index contributed by atoms with van der Waals surface area (Å²) in [5, 5.41) is 3.94. The van der Waals surface area contributed by atoms with E-state index in [0.29, 0.717) is 12.0 Å². The molecule has 0 aliphatic carbocycles. The molecule has 0 amide bonds. The lowest BCUT2D eigenvalue weighted by atomic mass is 10.0. The maximum atomic E-state index is 3.94. The summed E-state index contributed by atoms with van der Waals surface area (Å²) in [5.41, 5.74) is 2.99. The molecule has 2 nitrogen and oxygen atoms in total. The maximum absolute atomic E-state index is 3.94. The van der Waals surface area contributed by atoms with Gasteiger partial charge in [-0.15, -0.1) is 0 Å². The zero-order valence-corrected chi connectivity index (χ0v) is 5.39. The van der Waals surface area contributed by atoms with E-state index in [4.69, 9.17) is 0 Å². The van der Waals surface area contributed by atoms with E-state index in [9.17, 15) is 0 Å². The first-order valence-corrected chi connectivity index (χ1v) is 3.13. The van der Waals surface area contributed by atoms with Crippen LogP contribution in [0.1, 0.15) is 20.3 Å². The van der Waals surface area contributed by atoms with E-state index in [1.54, 1.807) is 0 Å². The van der Waals surface area contributed by atoms with Crippen LogP contribution in [0.4, 0.5) is 0 Å². The Kier molecular flexibility index (Phi) is 1.51. The minimum absolute atomic E-state index is 0.556. The topological polar surface area (TPSA) is 24.4 Å². The molecule has 0 bridgehead atoms. The molecule has 46 valence electrons. The number of nitrogens with one attached hydrogen (secondary N) is 1. The molecule has 1 rings (SSSR count). The number of hydrazone groups is 1. The molecule has 8 heavy (non-hydrogen) atoms. The van der Waals surface area contributed by atoms with Gasteiger partial charge in [-0.25, -0.2) is 0 Å². The third-order valence-corrected chi connectivity index (χ3v) is 1.66. The Balaban J connectivity index is 2.41. The van der Waals surface area contributed by atoms with E-state index in [-0.39, 0.29) is 0 Å². The van der Waals surface area contributed by atoms with E-state index in [2.05, 4.69) is 24.4 Å². The Morgan fingerprint density at radius 2 is 2.50 bits per heavy atom. The van der Waals surface area contributed by atoms with Crippen LogP contribution in [0.3, 0.4) is 0 Å². The van der Waals surface area contributed by atoms with E-state index in [1.807, 2.05) is 6.21 Å². The van der Waals surface area contributed by atoms with Crippen LogP contribution in [-0.4, -0.2) is 12.3 Å². The first-order valence-electron chi connectivity index (χ1n) is 3.13. The van der Waals surface area contributed by atoms with Crippen molar-refractivity contribution in [2.75, 3.05) is 0 Å². The summed E-state index contributed by atoms with van der Waals surface area (Å²) in [5.74, 6) is 0.662. The van der Waals surface area contributed by atoms with Crippen molar-refractivity contribution in [2.45, 2.75) is 26.3 Å². The first kappa shape index (κ1) is 5.60. The van der Waals surface area contributed by atoms with E-state index in [0.717, 1.165) is 0 Å². The second-order valence-electron chi connectivity index (χ2n) is 2.27. The standard InChI is InChI=1S/C6H12N2/c1-3-6-4-7-8-5(6)2/h4-6,8H,3H2,1-2H3. The van der Waals surface area contributed by atoms with Crippen molar-refractivity contribution < 1.29 is 0 Å². The van der Waals surface area contributed by atoms with Gasteiger partial charge in [0.1, 0.15) is 0 Å². The van der Waals surface area contributed by atoms with Crippen LogP contribution in [0.15, 0.2) is 5.10 Å². The smallest absolute Gasteiger partial charge is 0.0490 e. The van der Waals surface area contributed by atoms with Crippen molar-refractivity contribution in [1.82, 2.24) is 5.43 Å². The van der Waals surface area contributed by atoms with Crippen molar-refractivity contribution in [3.05, 3.63) is 0 Å². The first-order chi connectivity index (χ1) is 3.84. The normalized spacial score (nSPS) is 35.2. The summed E-state index contributed by atoms with van der Waals surface area (Å²) in [4.78, 5) is 0. The molecule has 0 saturated carbocycles. The van der Waals surface area contributed by atoms with Crippen molar-refractivity contribution in [3.63, 3.8) is 0 Å². The number of hydrogen-bond acceptors (Lipinski definition) is 2. The van der Waals surface area contributed by atoms with Gasteiger partial charge >= 0.3 is 0 Å². The fourth-order valence-electron chi connectivity index (χ4n) is 0.940. The summed E-state index contributed by atoms with van der Waals surface area (Å²) in [7, 11) is 0. The van der Waals surface area contributed by atoms with Gasteiger partial charge in [-0.3, -0.25) is 0 Å². The summed E-state index contributed by atoms with van der Waals surface area (Å²) in [6.45, 7) is 4.33. The second kappa shape index (κ2) is 2.16. The zero-order chi connectivity index (χ0) is 5.98. The molecule has 0 aromatic carbocycles. The molecule has 1 heterocycles. The Labute approximate surface area is 50.0 Å². The fraction of sp³-hybridized carbons (Fsp3) is 0.833. The Morgan fingerprint density at radius 3 is 2.75 bits per heavy atom. The molecule has 0 fully saturated rings. The van der Waals surface area contributed by atoms with Gasteiger partial charge < -0.3 is 5.43 Å². The lowest BCUT2D eigenvalue weighted by Gasteiger charge is -2.08. The van der Waals surface area contributed by atoms with Gasteiger partial charge in [0.15, 0.2) is 0 Å². The van der Waals surface area contributed by atoms with E-state index in [1.165, 1.54) is 6.42 Å². The van der Waals surface area contributed by atoms with Gasteiger partial charge in [-0.05, 0) is 13.3 Å². The third kappa shape index (κ3) is 0.831. The average molecular weight is 112 g/mol. The number of rotatable bonds is 1. The lowest BCUT2D eigenvalue weighted by Crippen LogP contribution is -2.22. The highest BCUT2D eigenvalue weighted by atomic mass is 15.3. The largest absolute Gasteiger partial charge is 0.307 e. The molecule has 0 aromatic heterocycles. The summed E-state index contributed by atoms with van der Waals surface area (Å²) < 4.78 is 0. The molecule has 1 N–H and O–H groups in total. The molecule has 0 aromatic rings. The van der Waals surface area contributed by atoms with Gasteiger partial charge in [-0.2, -0.15) is 5.10 Å². The summed E-state index contributed by atoms with van der Waals surface area (Å²) in [6.07, 6.45) is 3.18. The molecular weight excluding hydrogens is 100 g/mol. The fourth-order valence-corrected chi connectivity index (χ4v) is 0.940. The van der Waals surface area contributed by atoms with Gasteiger partial charge in [0.2, 0.25) is 0 Å². The minimum atomic E-state index is 0.556. The molecule has 2 atom stereocenters. The quantitative estimate of drug-likeness (QED) is 0.537. The highest BCUT2D eigenvalue weighted by Gasteiger charge is 2.15. The van der Waals surface area contributed by atoms with Crippen LogP contribution < -0.4 is 5.43 Å². The molecule has 0 radical (unpaired) electrons. The van der Waals surface area contributed by atoms with Gasteiger partial charge in [0.05, 0.1) is 0 Å². The molecule has 1 aliphatic rings. The van der Waals surface area contributed by atoms with E-state index < -0.39 is 0 Å². The van der Waals surface area contributed by atoms with Crippen LogP contribution in [0.5, 0.6) is 0 Å². The highest BCUT2D eigenvalue weighted by Crippen LogP contribution is 2.09. The zero-order valence-electron chi connectivity index (χ0n) is 5.39. The number of hydrogen-bond donors (Lipinski definition) is 1. The Bertz CT molecular complexity index is 98.7. The highest BCUT2D eigenvalue weighted by molar-refractivity contribution is 5.63. The van der Waals surface area contributed by atoms with Crippen molar-refractivity contribution in [1.29, 1.82) is 0 Å². The van der Waals surface area contributed by atoms with Crippen molar-refractivity contribution in [3.8, 4) is 0 Å². The summed E-state index contributed by atoms with van der Waals surface area (Å²) >= 11 is 0. The van der Waals surface area contributed by atoms with Crippen molar-refractivity contribution in [2.24, 2.45) is 11.0 Å². The van der Waals surface area contributed by atoms with Gasteiger partial charge in [0.25, 0.3) is 0 Å². The van der Waals surface area contributed by atoms with Gasteiger partial charge in [-0.1, -0.05) is 6.92 Å². The lowest BCUT2D eigenvalue weighted by molar-refractivity contribution is 0.504. The van der Waals surface area contributed by atoms with Crippen LogP contribution in [-0.2, 0) is 0 Å². The SMILES string of the molecule is CCC1C=NNC1C. The monoisotopic (exact) mass is 112 g/mol. The minimum Gasteiger partial charge on any atom is -0.307 e. The molecule has 0 spiro atoms. The molecule has 0 saturated heterocycles. The van der Waals surface area contributed by atoms with Crippen LogP contribution in [0, 0.1) is 5.92 Å². The van der Waals surface area contributed by atoms with Crippen molar-refractivity contribution >= 4 is 6.21 Å². The van der Waals surface area contributed by atoms with Crippen LogP contribution >= 0.6 is 0 Å². The predicted octanol–water partition coefficient (Wildman–Crippen LogP) is 0.990. The van der Waals surface area contributed by atoms with E-state index >= 15 is 0 Å². The Hall–Kier alpha value is -0.530. The summed E-state index contributed by atoms with van der Waals surface area (Å²) in [6, 6.07) is 0.556. The molecule has 2 unspecified atom stereocenters. The average Bonchev–Trinajstić information content (AvgIpc) is 2.14.